The largest absolute Gasteiger partial charge is 0.375 e. The summed E-state index contributed by atoms with van der Waals surface area (Å²) in [5, 5.41) is 0. The Labute approximate surface area is 116 Å². The van der Waals surface area contributed by atoms with Gasteiger partial charge in [0.2, 0.25) is 0 Å². The normalized spacial score (nSPS) is 34.8. The van der Waals surface area contributed by atoms with E-state index in [4.69, 9.17) is 9.47 Å². The van der Waals surface area contributed by atoms with E-state index < -0.39 is 9.84 Å². The second kappa shape index (κ2) is 5.68. The quantitative estimate of drug-likeness (QED) is 0.757. The maximum Gasteiger partial charge on any atom is 0.147 e. The van der Waals surface area contributed by atoms with Gasteiger partial charge in [-0.2, -0.15) is 0 Å². The molecule has 19 heavy (non-hydrogen) atoms. The summed E-state index contributed by atoms with van der Waals surface area (Å²) in [6, 6.07) is 0. The summed E-state index contributed by atoms with van der Waals surface area (Å²) in [5.74, 6) is 0.409. The second-order valence-electron chi connectivity index (χ2n) is 6.11. The van der Waals surface area contributed by atoms with Crippen LogP contribution >= 0.6 is 0 Å². The monoisotopic (exact) mass is 291 g/mol. The lowest BCUT2D eigenvalue weighted by atomic mass is 9.93. The van der Waals surface area contributed by atoms with Gasteiger partial charge in [-0.25, -0.2) is 8.42 Å². The SMILES string of the molecule is CC(CN1CCOC2(CCOC2C)C1)CS(C)(=O)=O. The maximum atomic E-state index is 11.3. The van der Waals surface area contributed by atoms with Gasteiger partial charge in [0.1, 0.15) is 15.4 Å². The van der Waals surface area contributed by atoms with Gasteiger partial charge in [0, 0.05) is 38.9 Å². The first-order valence-corrected chi connectivity index (χ1v) is 9.02. The molecule has 0 radical (unpaired) electrons. The Morgan fingerprint density at radius 1 is 1.42 bits per heavy atom. The standard InChI is InChI=1S/C13H25NO4S/c1-11(9-19(3,15)16)8-14-5-7-18-13(10-14)4-6-17-12(13)2/h11-12H,4-10H2,1-3H3. The summed E-state index contributed by atoms with van der Waals surface area (Å²) in [4.78, 5) is 2.32. The third kappa shape index (κ3) is 3.90. The van der Waals surface area contributed by atoms with Gasteiger partial charge in [0.05, 0.1) is 18.5 Å². The highest BCUT2D eigenvalue weighted by molar-refractivity contribution is 7.90. The van der Waals surface area contributed by atoms with Crippen LogP contribution in [0.2, 0.25) is 0 Å². The molecule has 5 nitrogen and oxygen atoms in total. The minimum atomic E-state index is -2.90. The van der Waals surface area contributed by atoms with Gasteiger partial charge in [-0.1, -0.05) is 6.92 Å². The first kappa shape index (κ1) is 15.2. The van der Waals surface area contributed by atoms with Crippen molar-refractivity contribution in [3.63, 3.8) is 0 Å². The molecule has 0 aliphatic carbocycles. The smallest absolute Gasteiger partial charge is 0.147 e. The second-order valence-corrected chi connectivity index (χ2v) is 8.29. The van der Waals surface area contributed by atoms with E-state index in [1.54, 1.807) is 0 Å². The predicted molar refractivity (Wildman–Crippen MR) is 74.0 cm³/mol. The predicted octanol–water partition coefficient (Wildman–Crippen LogP) is 0.547. The van der Waals surface area contributed by atoms with Crippen molar-refractivity contribution >= 4 is 9.84 Å². The lowest BCUT2D eigenvalue weighted by molar-refractivity contribution is -0.136. The molecule has 1 spiro atoms. The third-order valence-electron chi connectivity index (χ3n) is 4.08. The van der Waals surface area contributed by atoms with Crippen LogP contribution in [0.25, 0.3) is 0 Å². The van der Waals surface area contributed by atoms with Gasteiger partial charge >= 0.3 is 0 Å². The van der Waals surface area contributed by atoms with Crippen molar-refractivity contribution in [1.82, 2.24) is 4.90 Å². The Bertz CT molecular complexity index is 411. The molecule has 0 N–H and O–H groups in total. The van der Waals surface area contributed by atoms with Gasteiger partial charge in [-0.05, 0) is 12.8 Å². The number of ether oxygens (including phenoxy) is 2. The Morgan fingerprint density at radius 2 is 2.16 bits per heavy atom. The first-order valence-electron chi connectivity index (χ1n) is 6.96. The van der Waals surface area contributed by atoms with Crippen molar-refractivity contribution in [2.75, 3.05) is 44.9 Å². The van der Waals surface area contributed by atoms with Crippen LogP contribution < -0.4 is 0 Å². The molecule has 0 aromatic heterocycles. The average molecular weight is 291 g/mol. The van der Waals surface area contributed by atoms with Crippen LogP contribution in [0, 0.1) is 5.92 Å². The molecule has 2 heterocycles. The van der Waals surface area contributed by atoms with E-state index in [-0.39, 0.29) is 23.4 Å². The Hall–Kier alpha value is -0.170. The van der Waals surface area contributed by atoms with Crippen LogP contribution in [0.15, 0.2) is 0 Å². The van der Waals surface area contributed by atoms with Crippen molar-refractivity contribution < 1.29 is 17.9 Å². The molecular weight excluding hydrogens is 266 g/mol. The van der Waals surface area contributed by atoms with E-state index in [0.29, 0.717) is 6.61 Å². The van der Waals surface area contributed by atoms with E-state index in [1.807, 2.05) is 6.92 Å². The highest BCUT2D eigenvalue weighted by Crippen LogP contribution is 2.33. The van der Waals surface area contributed by atoms with Crippen LogP contribution in [-0.2, 0) is 19.3 Å². The number of morpholine rings is 1. The molecule has 2 aliphatic heterocycles. The summed E-state index contributed by atoms with van der Waals surface area (Å²) in [6.45, 7) is 8.07. The van der Waals surface area contributed by atoms with E-state index in [1.165, 1.54) is 6.26 Å². The van der Waals surface area contributed by atoms with Gasteiger partial charge in [-0.15, -0.1) is 0 Å². The average Bonchev–Trinajstić information content (AvgIpc) is 2.57. The van der Waals surface area contributed by atoms with Gasteiger partial charge in [-0.3, -0.25) is 4.90 Å². The van der Waals surface area contributed by atoms with Gasteiger partial charge < -0.3 is 9.47 Å². The van der Waals surface area contributed by atoms with Crippen LogP contribution in [0.3, 0.4) is 0 Å². The molecule has 2 rings (SSSR count). The minimum Gasteiger partial charge on any atom is -0.375 e. The van der Waals surface area contributed by atoms with Crippen molar-refractivity contribution in [2.45, 2.75) is 32.0 Å². The molecule has 3 unspecified atom stereocenters. The lowest BCUT2D eigenvalue weighted by Crippen LogP contribution is -2.56. The molecule has 2 aliphatic rings. The molecular formula is C13H25NO4S. The van der Waals surface area contributed by atoms with Gasteiger partial charge in [0.15, 0.2) is 0 Å². The van der Waals surface area contributed by atoms with E-state index in [0.717, 1.165) is 32.7 Å². The first-order chi connectivity index (χ1) is 8.81. The zero-order chi connectivity index (χ0) is 14.1. The van der Waals surface area contributed by atoms with Crippen molar-refractivity contribution in [1.29, 1.82) is 0 Å². The molecule has 0 saturated carbocycles. The van der Waals surface area contributed by atoms with E-state index in [2.05, 4.69) is 11.8 Å². The lowest BCUT2D eigenvalue weighted by Gasteiger charge is -2.42. The summed E-state index contributed by atoms with van der Waals surface area (Å²) in [6.07, 6.45) is 2.36. The number of hydrogen-bond donors (Lipinski definition) is 0. The molecule has 3 atom stereocenters. The highest BCUT2D eigenvalue weighted by atomic mass is 32.2. The van der Waals surface area contributed by atoms with Gasteiger partial charge in [0.25, 0.3) is 0 Å². The molecule has 0 bridgehead atoms. The Kier molecular flexibility index (Phi) is 4.55. The molecule has 0 amide bonds. The van der Waals surface area contributed by atoms with Crippen LogP contribution in [0.4, 0.5) is 0 Å². The van der Waals surface area contributed by atoms with Crippen LogP contribution in [0.5, 0.6) is 0 Å². The van der Waals surface area contributed by atoms with E-state index >= 15 is 0 Å². The number of sulfone groups is 1. The Balaban J connectivity index is 1.91. The summed E-state index contributed by atoms with van der Waals surface area (Å²) >= 11 is 0. The van der Waals surface area contributed by atoms with Crippen molar-refractivity contribution in [2.24, 2.45) is 5.92 Å². The Morgan fingerprint density at radius 3 is 2.74 bits per heavy atom. The van der Waals surface area contributed by atoms with Crippen LogP contribution in [-0.4, -0.2) is 69.9 Å². The molecule has 2 saturated heterocycles. The molecule has 112 valence electrons. The molecule has 2 fully saturated rings. The summed E-state index contributed by atoms with van der Waals surface area (Å²) in [7, 11) is -2.90. The molecule has 0 aromatic carbocycles. The maximum absolute atomic E-state index is 11.3. The number of rotatable bonds is 4. The fraction of sp³-hybridized carbons (Fsp3) is 1.00. The number of nitrogens with zero attached hydrogens (tertiary/aromatic N) is 1. The molecule has 0 aromatic rings. The summed E-state index contributed by atoms with van der Waals surface area (Å²) < 4.78 is 34.2. The van der Waals surface area contributed by atoms with Crippen molar-refractivity contribution in [3.8, 4) is 0 Å². The third-order valence-corrected chi connectivity index (χ3v) is 5.25. The zero-order valence-electron chi connectivity index (χ0n) is 12.1. The van der Waals surface area contributed by atoms with Crippen molar-refractivity contribution in [3.05, 3.63) is 0 Å². The number of hydrogen-bond acceptors (Lipinski definition) is 5. The fourth-order valence-corrected chi connectivity index (χ4v) is 4.35. The topological polar surface area (TPSA) is 55.8 Å². The van der Waals surface area contributed by atoms with Crippen LogP contribution in [0.1, 0.15) is 20.3 Å². The van der Waals surface area contributed by atoms with E-state index in [9.17, 15) is 8.42 Å². The highest BCUT2D eigenvalue weighted by Gasteiger charge is 2.45. The zero-order valence-corrected chi connectivity index (χ0v) is 12.9. The molecule has 6 heteroatoms. The minimum absolute atomic E-state index is 0.125. The fourth-order valence-electron chi connectivity index (χ4n) is 3.21. The summed E-state index contributed by atoms with van der Waals surface area (Å²) in [5.41, 5.74) is -0.178.